The molecule has 2 rings (SSSR count). The summed E-state index contributed by atoms with van der Waals surface area (Å²) in [4.78, 5) is 2.38. The van der Waals surface area contributed by atoms with Crippen molar-refractivity contribution in [3.05, 3.63) is 23.8 Å². The van der Waals surface area contributed by atoms with Crippen LogP contribution in [0.3, 0.4) is 0 Å². The Morgan fingerprint density at radius 1 is 1.32 bits per heavy atom. The van der Waals surface area contributed by atoms with Gasteiger partial charge in [0.1, 0.15) is 12.4 Å². The summed E-state index contributed by atoms with van der Waals surface area (Å²) < 4.78 is 5.98. The summed E-state index contributed by atoms with van der Waals surface area (Å²) in [5.41, 5.74) is 2.60. The zero-order chi connectivity index (χ0) is 13.7. The molecule has 19 heavy (non-hydrogen) atoms. The lowest BCUT2D eigenvalue weighted by Gasteiger charge is -2.26. The van der Waals surface area contributed by atoms with Crippen molar-refractivity contribution in [2.45, 2.75) is 39.7 Å². The predicted octanol–water partition coefficient (Wildman–Crippen LogP) is 3.15. The Morgan fingerprint density at radius 3 is 2.84 bits per heavy atom. The van der Waals surface area contributed by atoms with E-state index in [1.54, 1.807) is 0 Å². The summed E-state index contributed by atoms with van der Waals surface area (Å²) in [5.74, 6) is 1.01. The summed E-state index contributed by atoms with van der Waals surface area (Å²) in [6, 6.07) is 6.92. The maximum Gasteiger partial charge on any atom is 0.142 e. The van der Waals surface area contributed by atoms with Crippen molar-refractivity contribution in [1.82, 2.24) is 4.90 Å². The molecule has 0 aliphatic carbocycles. The minimum atomic E-state index is 0.542. The molecular weight excluding hydrogens is 236 g/mol. The molecule has 0 fully saturated rings. The highest BCUT2D eigenvalue weighted by Gasteiger charge is 2.17. The van der Waals surface area contributed by atoms with E-state index in [-0.39, 0.29) is 0 Å². The molecule has 3 heteroatoms. The second-order valence-corrected chi connectivity index (χ2v) is 5.25. The molecule has 0 bridgehead atoms. The third-order valence-corrected chi connectivity index (χ3v) is 3.91. The maximum atomic E-state index is 5.98. The molecule has 106 valence electrons. The van der Waals surface area contributed by atoms with Crippen molar-refractivity contribution in [3.8, 4) is 5.75 Å². The van der Waals surface area contributed by atoms with Crippen LogP contribution in [-0.4, -0.2) is 37.2 Å². The van der Waals surface area contributed by atoms with E-state index in [1.165, 1.54) is 17.7 Å². The Labute approximate surface area is 116 Å². The molecule has 0 aromatic heterocycles. The number of fused-ring (bicyclic) bond motifs is 1. The number of benzene rings is 1. The lowest BCUT2D eigenvalue weighted by atomic mass is 9.98. The van der Waals surface area contributed by atoms with Crippen LogP contribution < -0.4 is 10.1 Å². The molecule has 0 saturated heterocycles. The van der Waals surface area contributed by atoms with Gasteiger partial charge < -0.3 is 15.0 Å². The van der Waals surface area contributed by atoms with E-state index in [0.29, 0.717) is 6.04 Å². The summed E-state index contributed by atoms with van der Waals surface area (Å²) in [6.07, 6.45) is 2.35. The highest BCUT2D eigenvalue weighted by Crippen LogP contribution is 2.33. The largest absolute Gasteiger partial charge is 0.490 e. The highest BCUT2D eigenvalue weighted by atomic mass is 16.5. The predicted molar refractivity (Wildman–Crippen MR) is 81.1 cm³/mol. The Morgan fingerprint density at radius 2 is 2.11 bits per heavy atom. The van der Waals surface area contributed by atoms with Crippen LogP contribution in [0.5, 0.6) is 5.75 Å². The van der Waals surface area contributed by atoms with Crippen molar-refractivity contribution in [2.75, 3.05) is 31.6 Å². The monoisotopic (exact) mass is 262 g/mol. The van der Waals surface area contributed by atoms with E-state index < -0.39 is 0 Å². The smallest absolute Gasteiger partial charge is 0.142 e. The van der Waals surface area contributed by atoms with Crippen molar-refractivity contribution in [3.63, 3.8) is 0 Å². The highest BCUT2D eigenvalue weighted by molar-refractivity contribution is 5.63. The molecule has 1 aromatic rings. The van der Waals surface area contributed by atoms with E-state index in [9.17, 15) is 0 Å². The Kier molecular flexibility index (Phi) is 5.08. The van der Waals surface area contributed by atoms with Gasteiger partial charge in [-0.15, -0.1) is 0 Å². The second-order valence-electron chi connectivity index (χ2n) is 5.25. The van der Waals surface area contributed by atoms with Gasteiger partial charge in [0.2, 0.25) is 0 Å². The van der Waals surface area contributed by atoms with Gasteiger partial charge >= 0.3 is 0 Å². The first-order chi connectivity index (χ1) is 9.24. The van der Waals surface area contributed by atoms with Gasteiger partial charge in [-0.1, -0.05) is 26.0 Å². The molecule has 1 heterocycles. The van der Waals surface area contributed by atoms with Crippen LogP contribution in [0.15, 0.2) is 18.2 Å². The van der Waals surface area contributed by atoms with Crippen molar-refractivity contribution in [1.29, 1.82) is 0 Å². The fourth-order valence-corrected chi connectivity index (χ4v) is 2.58. The first-order valence-electron chi connectivity index (χ1n) is 7.48. The maximum absolute atomic E-state index is 5.98. The van der Waals surface area contributed by atoms with E-state index in [1.807, 2.05) is 0 Å². The Bertz CT molecular complexity index is 402. The van der Waals surface area contributed by atoms with E-state index in [4.69, 9.17) is 4.74 Å². The third kappa shape index (κ3) is 3.63. The van der Waals surface area contributed by atoms with Gasteiger partial charge in [0.25, 0.3) is 0 Å². The fourth-order valence-electron chi connectivity index (χ4n) is 2.58. The fraction of sp³-hybridized carbons (Fsp3) is 0.625. The summed E-state index contributed by atoms with van der Waals surface area (Å²) in [6.45, 7) is 10.5. The van der Waals surface area contributed by atoms with Crippen LogP contribution in [0.1, 0.15) is 32.8 Å². The molecule has 1 aliphatic heterocycles. The lowest BCUT2D eigenvalue weighted by molar-refractivity contribution is 0.223. The number of likely N-dealkylation sites (N-methyl/N-ethyl adjacent to an activating group) is 1. The second kappa shape index (κ2) is 6.80. The van der Waals surface area contributed by atoms with Crippen molar-refractivity contribution < 1.29 is 4.74 Å². The molecule has 0 radical (unpaired) electrons. The number of aryl methyl sites for hydroxylation is 1. The standard InChI is InChI=1S/C16H26N2O/c1-4-18(5-2)11-12-19-15-8-6-7-14-10-9-13(3)17-16(14)15/h6-8,13,17H,4-5,9-12H2,1-3H3. The van der Waals surface area contributed by atoms with Gasteiger partial charge in [0.05, 0.1) is 5.69 Å². The number of rotatable bonds is 6. The van der Waals surface area contributed by atoms with Crippen LogP contribution in [0.25, 0.3) is 0 Å². The molecule has 0 saturated carbocycles. The van der Waals surface area contributed by atoms with Gasteiger partial charge in [-0.2, -0.15) is 0 Å². The minimum Gasteiger partial charge on any atom is -0.490 e. The van der Waals surface area contributed by atoms with E-state index >= 15 is 0 Å². The quantitative estimate of drug-likeness (QED) is 0.852. The van der Waals surface area contributed by atoms with Crippen molar-refractivity contribution >= 4 is 5.69 Å². The molecule has 0 spiro atoms. The van der Waals surface area contributed by atoms with Gasteiger partial charge in [0, 0.05) is 12.6 Å². The normalized spacial score (nSPS) is 18.0. The van der Waals surface area contributed by atoms with Gasteiger partial charge in [0.15, 0.2) is 0 Å². The van der Waals surface area contributed by atoms with Crippen LogP contribution in [0.2, 0.25) is 0 Å². The van der Waals surface area contributed by atoms with E-state index in [2.05, 4.69) is 49.2 Å². The SMILES string of the molecule is CCN(CC)CCOc1cccc2c1NC(C)CC2. The molecule has 1 atom stereocenters. The van der Waals surface area contributed by atoms with Gasteiger partial charge in [-0.3, -0.25) is 0 Å². The van der Waals surface area contributed by atoms with Gasteiger partial charge in [-0.05, 0) is 44.5 Å². The van der Waals surface area contributed by atoms with Gasteiger partial charge in [-0.25, -0.2) is 0 Å². The molecule has 0 amide bonds. The number of nitrogens with zero attached hydrogens (tertiary/aromatic N) is 1. The summed E-state index contributed by atoms with van der Waals surface area (Å²) >= 11 is 0. The number of ether oxygens (including phenoxy) is 1. The van der Waals surface area contributed by atoms with E-state index in [0.717, 1.165) is 38.4 Å². The zero-order valence-electron chi connectivity index (χ0n) is 12.4. The van der Waals surface area contributed by atoms with Crippen molar-refractivity contribution in [2.24, 2.45) is 0 Å². The molecular formula is C16H26N2O. The first-order valence-corrected chi connectivity index (χ1v) is 7.48. The number of para-hydroxylation sites is 1. The Balaban J connectivity index is 1.97. The number of hydrogen-bond acceptors (Lipinski definition) is 3. The first kappa shape index (κ1) is 14.2. The average Bonchev–Trinajstić information content (AvgIpc) is 2.44. The number of hydrogen-bond donors (Lipinski definition) is 1. The van der Waals surface area contributed by atoms with Crippen LogP contribution in [-0.2, 0) is 6.42 Å². The molecule has 1 unspecified atom stereocenters. The summed E-state index contributed by atoms with van der Waals surface area (Å²) in [5, 5.41) is 3.56. The molecule has 1 aliphatic rings. The average molecular weight is 262 g/mol. The third-order valence-electron chi connectivity index (χ3n) is 3.91. The summed E-state index contributed by atoms with van der Waals surface area (Å²) in [7, 11) is 0. The number of nitrogens with one attached hydrogen (secondary N) is 1. The topological polar surface area (TPSA) is 24.5 Å². The molecule has 1 aromatic carbocycles. The van der Waals surface area contributed by atoms with Crippen LogP contribution >= 0.6 is 0 Å². The molecule has 3 nitrogen and oxygen atoms in total. The minimum absolute atomic E-state index is 0.542. The van der Waals surface area contributed by atoms with Crippen LogP contribution in [0, 0.1) is 0 Å². The van der Waals surface area contributed by atoms with Crippen LogP contribution in [0.4, 0.5) is 5.69 Å². The zero-order valence-corrected chi connectivity index (χ0v) is 12.4. The number of anilines is 1. The lowest BCUT2D eigenvalue weighted by Crippen LogP contribution is -2.28. The Hall–Kier alpha value is -1.22. The molecule has 1 N–H and O–H groups in total.